The number of rotatable bonds is 7. The van der Waals surface area contributed by atoms with E-state index < -0.39 is 0 Å². The molecular weight excluding hydrogens is 286 g/mol. The van der Waals surface area contributed by atoms with Crippen molar-refractivity contribution >= 4 is 17.4 Å². The van der Waals surface area contributed by atoms with Gasteiger partial charge in [0.05, 0.1) is 10.7 Å². The van der Waals surface area contributed by atoms with Crippen LogP contribution in [0.2, 0.25) is 0 Å². The van der Waals surface area contributed by atoms with Crippen molar-refractivity contribution in [1.29, 1.82) is 0 Å². The smallest absolute Gasteiger partial charge is 0.315 e. The van der Waals surface area contributed by atoms with Gasteiger partial charge in [-0.1, -0.05) is 6.92 Å². The number of amides is 2. The van der Waals surface area contributed by atoms with Crippen molar-refractivity contribution in [2.45, 2.75) is 57.9 Å². The summed E-state index contributed by atoms with van der Waals surface area (Å²) < 4.78 is 0. The molecule has 2 amide bonds. The van der Waals surface area contributed by atoms with Gasteiger partial charge in [-0.2, -0.15) is 0 Å². The van der Waals surface area contributed by atoms with Crippen molar-refractivity contribution < 1.29 is 9.90 Å². The molecule has 118 valence electrons. The molecule has 5 nitrogen and oxygen atoms in total. The highest BCUT2D eigenvalue weighted by Crippen LogP contribution is 2.26. The number of hydrogen-bond acceptors (Lipinski definition) is 4. The molecule has 0 fully saturated rings. The number of aromatic nitrogens is 1. The molecule has 0 saturated heterocycles. The summed E-state index contributed by atoms with van der Waals surface area (Å²) in [7, 11) is 0. The number of aliphatic hydroxyl groups is 1. The van der Waals surface area contributed by atoms with Crippen LogP contribution in [0.5, 0.6) is 0 Å². The van der Waals surface area contributed by atoms with E-state index in [2.05, 4.69) is 15.6 Å². The van der Waals surface area contributed by atoms with Gasteiger partial charge in [0.15, 0.2) is 0 Å². The molecule has 1 aliphatic rings. The summed E-state index contributed by atoms with van der Waals surface area (Å²) in [6.45, 7) is 2.71. The van der Waals surface area contributed by atoms with Crippen molar-refractivity contribution in [1.82, 2.24) is 15.6 Å². The molecule has 0 radical (unpaired) electrons. The van der Waals surface area contributed by atoms with Gasteiger partial charge < -0.3 is 15.7 Å². The van der Waals surface area contributed by atoms with Crippen molar-refractivity contribution in [3.63, 3.8) is 0 Å². The molecule has 1 atom stereocenters. The van der Waals surface area contributed by atoms with E-state index in [4.69, 9.17) is 5.11 Å². The predicted molar refractivity (Wildman–Crippen MR) is 84.8 cm³/mol. The summed E-state index contributed by atoms with van der Waals surface area (Å²) in [4.78, 5) is 17.9. The maximum Gasteiger partial charge on any atom is 0.315 e. The van der Waals surface area contributed by atoms with Crippen LogP contribution in [0.4, 0.5) is 4.79 Å². The predicted octanol–water partition coefficient (Wildman–Crippen LogP) is 2.02. The zero-order chi connectivity index (χ0) is 15.1. The van der Waals surface area contributed by atoms with Gasteiger partial charge in [-0.3, -0.25) is 0 Å². The average Bonchev–Trinajstić information content (AvgIpc) is 2.89. The van der Waals surface area contributed by atoms with Gasteiger partial charge in [0.1, 0.15) is 0 Å². The first-order valence-electron chi connectivity index (χ1n) is 7.85. The second kappa shape index (κ2) is 8.34. The summed E-state index contributed by atoms with van der Waals surface area (Å²) in [6, 6.07) is -0.112. The lowest BCUT2D eigenvalue weighted by molar-refractivity contribution is 0.228. The van der Waals surface area contributed by atoms with Crippen LogP contribution < -0.4 is 10.6 Å². The zero-order valence-corrected chi connectivity index (χ0v) is 13.5. The monoisotopic (exact) mass is 311 g/mol. The van der Waals surface area contributed by atoms with Gasteiger partial charge in [0.25, 0.3) is 0 Å². The highest BCUT2D eigenvalue weighted by Gasteiger charge is 2.15. The Kier molecular flexibility index (Phi) is 6.45. The molecule has 0 bridgehead atoms. The fourth-order valence-corrected chi connectivity index (χ4v) is 3.72. The van der Waals surface area contributed by atoms with Crippen molar-refractivity contribution in [3.05, 3.63) is 15.6 Å². The maximum absolute atomic E-state index is 11.8. The number of fused-ring (bicyclic) bond motifs is 1. The van der Waals surface area contributed by atoms with Gasteiger partial charge in [0.2, 0.25) is 0 Å². The molecule has 1 unspecified atom stereocenters. The normalized spacial score (nSPS) is 15.3. The Hall–Kier alpha value is -1.14. The summed E-state index contributed by atoms with van der Waals surface area (Å²) >= 11 is 1.80. The van der Waals surface area contributed by atoms with Crippen molar-refractivity contribution in [3.8, 4) is 0 Å². The lowest BCUT2D eigenvalue weighted by atomic mass is 10.0. The minimum Gasteiger partial charge on any atom is -0.396 e. The van der Waals surface area contributed by atoms with Crippen LogP contribution in [-0.2, 0) is 19.3 Å². The number of aliphatic hydroxyl groups excluding tert-OH is 1. The Labute approximate surface area is 130 Å². The summed E-state index contributed by atoms with van der Waals surface area (Å²) in [5.41, 5.74) is 1.28. The largest absolute Gasteiger partial charge is 0.396 e. The minimum atomic E-state index is -0.156. The molecule has 6 heteroatoms. The molecule has 21 heavy (non-hydrogen) atoms. The van der Waals surface area contributed by atoms with Crippen molar-refractivity contribution in [2.75, 3.05) is 13.2 Å². The molecule has 0 aromatic carbocycles. The highest BCUT2D eigenvalue weighted by molar-refractivity contribution is 7.11. The lowest BCUT2D eigenvalue weighted by Crippen LogP contribution is -2.42. The van der Waals surface area contributed by atoms with Crippen LogP contribution in [-0.4, -0.2) is 35.3 Å². The number of aryl methyl sites for hydroxylation is 2. The molecule has 3 N–H and O–H groups in total. The number of nitrogens with one attached hydrogen (secondary N) is 2. The van der Waals surface area contributed by atoms with Crippen LogP contribution >= 0.6 is 11.3 Å². The van der Waals surface area contributed by atoms with E-state index in [1.54, 1.807) is 11.3 Å². The van der Waals surface area contributed by atoms with Crippen molar-refractivity contribution in [2.24, 2.45) is 0 Å². The number of nitrogens with zero attached hydrogens (tertiary/aromatic N) is 1. The van der Waals surface area contributed by atoms with Crippen LogP contribution in [0.15, 0.2) is 0 Å². The zero-order valence-electron chi connectivity index (χ0n) is 12.7. The number of carbonyl (C=O) groups excluding carboxylic acids is 1. The fraction of sp³-hybridized carbons (Fsp3) is 0.733. The fourth-order valence-electron chi connectivity index (χ4n) is 2.57. The Bertz CT molecular complexity index is 438. The first kappa shape index (κ1) is 16.2. The molecule has 1 aromatic heterocycles. The molecule has 0 aliphatic heterocycles. The molecular formula is C15H25N3O2S. The van der Waals surface area contributed by atoms with Gasteiger partial charge in [-0.25, -0.2) is 9.78 Å². The number of thiazole rings is 1. The molecule has 2 rings (SSSR count). The second-order valence-corrected chi connectivity index (χ2v) is 6.62. The van der Waals surface area contributed by atoms with Gasteiger partial charge in [-0.05, 0) is 38.5 Å². The van der Waals surface area contributed by atoms with E-state index in [1.165, 1.54) is 29.8 Å². The third-order valence-electron chi connectivity index (χ3n) is 3.82. The van der Waals surface area contributed by atoms with Crippen LogP contribution in [0.25, 0.3) is 0 Å². The highest BCUT2D eigenvalue weighted by atomic mass is 32.1. The topological polar surface area (TPSA) is 74.2 Å². The quantitative estimate of drug-likeness (QED) is 0.721. The Morgan fingerprint density at radius 2 is 2.24 bits per heavy atom. The first-order valence-corrected chi connectivity index (χ1v) is 8.67. The maximum atomic E-state index is 11.8. The number of carbonyl (C=O) groups is 1. The van der Waals surface area contributed by atoms with E-state index in [0.29, 0.717) is 13.0 Å². The van der Waals surface area contributed by atoms with Crippen LogP contribution in [0.3, 0.4) is 0 Å². The standard InChI is InChI=1S/C15H25N3O2S/c1-2-11(8-10-19)17-15(20)16-9-7-14-18-12-5-3-4-6-13(12)21-14/h11,19H,2-10H2,1H3,(H2,16,17,20). The Morgan fingerprint density at radius 1 is 1.43 bits per heavy atom. The third-order valence-corrected chi connectivity index (χ3v) is 5.04. The lowest BCUT2D eigenvalue weighted by Gasteiger charge is -2.16. The van der Waals surface area contributed by atoms with E-state index in [-0.39, 0.29) is 18.7 Å². The molecule has 0 spiro atoms. The summed E-state index contributed by atoms with van der Waals surface area (Å²) in [5, 5.41) is 15.8. The molecule has 1 aromatic rings. The van der Waals surface area contributed by atoms with E-state index in [9.17, 15) is 4.79 Å². The third kappa shape index (κ3) is 4.97. The van der Waals surface area contributed by atoms with E-state index >= 15 is 0 Å². The Balaban J connectivity index is 1.71. The summed E-state index contributed by atoms with van der Waals surface area (Å²) in [6.07, 6.45) is 7.02. The molecule has 1 heterocycles. The average molecular weight is 311 g/mol. The molecule has 0 saturated carbocycles. The molecule has 1 aliphatic carbocycles. The van der Waals surface area contributed by atoms with Gasteiger partial charge in [0, 0.05) is 30.5 Å². The van der Waals surface area contributed by atoms with Crippen LogP contribution in [0.1, 0.15) is 48.2 Å². The Morgan fingerprint density at radius 3 is 2.95 bits per heavy atom. The second-order valence-electron chi connectivity index (χ2n) is 5.45. The summed E-state index contributed by atoms with van der Waals surface area (Å²) in [5.74, 6) is 0. The first-order chi connectivity index (χ1) is 10.2. The number of hydrogen-bond donors (Lipinski definition) is 3. The van der Waals surface area contributed by atoms with E-state index in [1.807, 2.05) is 6.92 Å². The minimum absolute atomic E-state index is 0.0437. The SMILES string of the molecule is CCC(CCO)NC(=O)NCCc1nc2c(s1)CCCC2. The van der Waals surface area contributed by atoms with Gasteiger partial charge >= 0.3 is 6.03 Å². The van der Waals surface area contributed by atoms with Gasteiger partial charge in [-0.15, -0.1) is 11.3 Å². The van der Waals surface area contributed by atoms with Crippen LogP contribution in [0, 0.1) is 0 Å². The van der Waals surface area contributed by atoms with E-state index in [0.717, 1.165) is 24.3 Å². The number of urea groups is 1.